The molecule has 1 saturated carbocycles. The molecule has 0 unspecified atom stereocenters. The standard InChI is InChI=1S/C25H30ClF3N4O5S/c1-39(37,38)20(27)11-17(9-14-7-8-30-23(14)35)32-24(36)22-19-6-5-18(12-25(19,28)29)33(22)21(34)13-31-16-4-2-3-15(26)10-16/h2-4,10-11,14,17-19,22,31H,5-9,12-13H2,1H3,(H,30,35)(H,32,36)/b20-11-/t14-,17+,18-,19-,22-/m1/s1. The molecular formula is C25H30ClF3N4O5S. The maximum Gasteiger partial charge on any atom is 0.255 e. The third-order valence-electron chi connectivity index (χ3n) is 7.48. The van der Waals surface area contributed by atoms with Crippen LogP contribution in [0, 0.1) is 11.8 Å². The molecule has 39 heavy (non-hydrogen) atoms. The molecule has 214 valence electrons. The molecule has 1 aromatic carbocycles. The number of carbonyl (C=O) groups excluding carboxylic acids is 3. The van der Waals surface area contributed by atoms with E-state index in [2.05, 4.69) is 16.0 Å². The Hall–Kier alpha value is -2.80. The summed E-state index contributed by atoms with van der Waals surface area (Å²) in [6.07, 6.45) is 1.27. The van der Waals surface area contributed by atoms with E-state index in [-0.39, 0.29) is 25.3 Å². The monoisotopic (exact) mass is 590 g/mol. The smallest absolute Gasteiger partial charge is 0.255 e. The number of nitrogens with one attached hydrogen (secondary N) is 3. The highest BCUT2D eigenvalue weighted by Crippen LogP contribution is 2.49. The van der Waals surface area contributed by atoms with Gasteiger partial charge in [-0.05, 0) is 50.0 Å². The second-order valence-corrected chi connectivity index (χ2v) is 12.7. The van der Waals surface area contributed by atoms with E-state index in [0.717, 1.165) is 4.90 Å². The van der Waals surface area contributed by atoms with Gasteiger partial charge in [-0.3, -0.25) is 14.4 Å². The van der Waals surface area contributed by atoms with E-state index in [9.17, 15) is 36.0 Å². The van der Waals surface area contributed by atoms with Crippen LogP contribution in [0.4, 0.5) is 18.9 Å². The predicted molar refractivity (Wildman–Crippen MR) is 138 cm³/mol. The van der Waals surface area contributed by atoms with Crippen LogP contribution in [0.5, 0.6) is 0 Å². The van der Waals surface area contributed by atoms with Crippen LogP contribution >= 0.6 is 11.6 Å². The Morgan fingerprint density at radius 2 is 2.03 bits per heavy atom. The van der Waals surface area contributed by atoms with Gasteiger partial charge in [-0.25, -0.2) is 17.2 Å². The summed E-state index contributed by atoms with van der Waals surface area (Å²) in [6, 6.07) is 2.84. The average Bonchev–Trinajstić information content (AvgIpc) is 3.25. The topological polar surface area (TPSA) is 125 Å². The first-order chi connectivity index (χ1) is 18.3. The molecule has 3 N–H and O–H groups in total. The van der Waals surface area contributed by atoms with E-state index in [1.54, 1.807) is 24.3 Å². The Bertz CT molecular complexity index is 1280. The van der Waals surface area contributed by atoms with Crippen molar-refractivity contribution in [3.63, 3.8) is 0 Å². The van der Waals surface area contributed by atoms with Crippen LogP contribution in [0.25, 0.3) is 0 Å². The molecule has 3 amide bonds. The first-order valence-corrected chi connectivity index (χ1v) is 14.9. The SMILES string of the molecule is CS(=O)(=O)/C(F)=C\[C@H](C[C@H]1CCNC1=O)NC(=O)[C@H]1[C@H]2CC[C@H](CC2(F)F)N1C(=O)CNc1cccc(Cl)c1. The van der Waals surface area contributed by atoms with Gasteiger partial charge in [-0.15, -0.1) is 0 Å². The summed E-state index contributed by atoms with van der Waals surface area (Å²) >= 11 is 5.97. The summed E-state index contributed by atoms with van der Waals surface area (Å²) < 4.78 is 67.7. The number of hydrogen-bond acceptors (Lipinski definition) is 6. The Morgan fingerprint density at radius 3 is 2.64 bits per heavy atom. The number of alkyl halides is 2. The summed E-state index contributed by atoms with van der Waals surface area (Å²) in [7, 11) is -4.25. The van der Waals surface area contributed by atoms with E-state index in [4.69, 9.17) is 11.6 Å². The van der Waals surface area contributed by atoms with Gasteiger partial charge >= 0.3 is 0 Å². The van der Waals surface area contributed by atoms with Gasteiger partial charge in [0.15, 0.2) is 0 Å². The van der Waals surface area contributed by atoms with Crippen LogP contribution in [0.15, 0.2) is 35.5 Å². The number of benzene rings is 1. The molecule has 5 rings (SSSR count). The van der Waals surface area contributed by atoms with Crippen LogP contribution < -0.4 is 16.0 Å². The van der Waals surface area contributed by atoms with Crippen molar-refractivity contribution < 1.29 is 36.0 Å². The molecule has 9 nitrogen and oxygen atoms in total. The molecule has 0 radical (unpaired) electrons. The quantitative estimate of drug-likeness (QED) is 0.406. The van der Waals surface area contributed by atoms with Crippen LogP contribution in [0.1, 0.15) is 32.1 Å². The Balaban J connectivity index is 1.58. The third-order valence-corrected chi connectivity index (χ3v) is 8.56. The van der Waals surface area contributed by atoms with Crippen molar-refractivity contribution >= 4 is 44.8 Å². The highest BCUT2D eigenvalue weighted by atomic mass is 35.5. The molecule has 14 heteroatoms. The largest absolute Gasteiger partial charge is 0.376 e. The number of halogens is 4. The van der Waals surface area contributed by atoms with E-state index >= 15 is 0 Å². The first kappa shape index (κ1) is 29.2. The fourth-order valence-corrected chi connectivity index (χ4v) is 6.23. The lowest BCUT2D eigenvalue weighted by molar-refractivity contribution is -0.193. The summed E-state index contributed by atoms with van der Waals surface area (Å²) in [4.78, 5) is 40.1. The number of piperidine rings is 2. The molecule has 0 aromatic heterocycles. The molecule has 4 aliphatic rings. The van der Waals surface area contributed by atoms with Gasteiger partial charge in [0.2, 0.25) is 32.7 Å². The van der Waals surface area contributed by atoms with Gasteiger partial charge in [0.05, 0.1) is 18.5 Å². The second kappa shape index (κ2) is 11.4. The van der Waals surface area contributed by atoms with Gasteiger partial charge < -0.3 is 20.9 Å². The van der Waals surface area contributed by atoms with Crippen molar-refractivity contribution in [2.45, 2.75) is 56.2 Å². The Morgan fingerprint density at radius 1 is 1.28 bits per heavy atom. The summed E-state index contributed by atoms with van der Waals surface area (Å²) in [5.74, 6) is -7.20. The highest BCUT2D eigenvalue weighted by Gasteiger charge is 2.60. The number of hydrogen-bond donors (Lipinski definition) is 3. The Labute approximate surface area is 229 Å². The fourth-order valence-electron chi connectivity index (χ4n) is 5.63. The second-order valence-electron chi connectivity index (χ2n) is 10.3. The lowest BCUT2D eigenvalue weighted by atomic mass is 9.71. The van der Waals surface area contributed by atoms with Crippen molar-refractivity contribution in [3.05, 3.63) is 40.5 Å². The van der Waals surface area contributed by atoms with Gasteiger partial charge in [0.25, 0.3) is 5.92 Å². The van der Waals surface area contributed by atoms with Crippen molar-refractivity contribution in [2.24, 2.45) is 11.8 Å². The molecule has 3 saturated heterocycles. The van der Waals surface area contributed by atoms with Crippen LogP contribution in [-0.4, -0.2) is 74.4 Å². The van der Waals surface area contributed by atoms with E-state index in [1.165, 1.54) is 0 Å². The molecule has 3 heterocycles. The third kappa shape index (κ3) is 6.68. The van der Waals surface area contributed by atoms with Gasteiger partial charge in [0.1, 0.15) is 6.04 Å². The van der Waals surface area contributed by atoms with Crippen molar-refractivity contribution in [1.82, 2.24) is 15.5 Å². The number of amides is 3. The molecule has 5 atom stereocenters. The zero-order valence-electron chi connectivity index (χ0n) is 21.1. The zero-order valence-corrected chi connectivity index (χ0v) is 22.7. The number of rotatable bonds is 9. The molecular weight excluding hydrogens is 561 g/mol. The lowest BCUT2D eigenvalue weighted by Crippen LogP contribution is -2.69. The molecule has 3 aliphatic heterocycles. The highest BCUT2D eigenvalue weighted by molar-refractivity contribution is 7.94. The van der Waals surface area contributed by atoms with Gasteiger partial charge in [-0.1, -0.05) is 17.7 Å². The minimum atomic E-state index is -4.25. The van der Waals surface area contributed by atoms with E-state index < -0.39 is 69.1 Å². The van der Waals surface area contributed by atoms with E-state index in [0.29, 0.717) is 42.4 Å². The number of nitrogens with zero attached hydrogens (tertiary/aromatic N) is 1. The summed E-state index contributed by atoms with van der Waals surface area (Å²) in [6.45, 7) is 0.0795. The van der Waals surface area contributed by atoms with Crippen molar-refractivity contribution in [1.29, 1.82) is 0 Å². The predicted octanol–water partition coefficient (Wildman–Crippen LogP) is 2.63. The molecule has 0 spiro atoms. The van der Waals surface area contributed by atoms with Crippen molar-refractivity contribution in [3.8, 4) is 0 Å². The Kier molecular flexibility index (Phi) is 8.50. The molecule has 4 fully saturated rings. The summed E-state index contributed by atoms with van der Waals surface area (Å²) in [5.41, 5.74) is 0.528. The number of sulfone groups is 1. The minimum absolute atomic E-state index is 0.00446. The zero-order chi connectivity index (χ0) is 28.5. The molecule has 1 aromatic rings. The first-order valence-electron chi connectivity index (χ1n) is 12.6. The number of anilines is 1. The maximum atomic E-state index is 15.0. The fraction of sp³-hybridized carbons (Fsp3) is 0.560. The number of fused-ring (bicyclic) bond motifs is 3. The molecule has 1 aliphatic carbocycles. The van der Waals surface area contributed by atoms with Crippen LogP contribution in [0.2, 0.25) is 5.02 Å². The van der Waals surface area contributed by atoms with Crippen LogP contribution in [0.3, 0.4) is 0 Å². The average molecular weight is 591 g/mol. The maximum absolute atomic E-state index is 15.0. The summed E-state index contributed by atoms with van der Waals surface area (Å²) in [5, 5.41) is 6.88. The van der Waals surface area contributed by atoms with E-state index in [1.807, 2.05) is 0 Å². The number of carbonyl (C=O) groups is 3. The minimum Gasteiger partial charge on any atom is -0.376 e. The van der Waals surface area contributed by atoms with Gasteiger partial charge in [0, 0.05) is 41.9 Å². The normalized spacial score (nSPS) is 27.2. The van der Waals surface area contributed by atoms with Crippen LogP contribution in [-0.2, 0) is 24.2 Å². The van der Waals surface area contributed by atoms with Crippen molar-refractivity contribution in [2.75, 3.05) is 24.7 Å². The lowest BCUT2D eigenvalue weighted by Gasteiger charge is -2.53. The molecule has 2 bridgehead atoms. The van der Waals surface area contributed by atoms with Gasteiger partial charge in [-0.2, -0.15) is 4.39 Å².